The number of benzene rings is 1. The van der Waals surface area contributed by atoms with E-state index in [0.717, 1.165) is 5.56 Å². The van der Waals surface area contributed by atoms with E-state index in [2.05, 4.69) is 14.6 Å². The van der Waals surface area contributed by atoms with Crippen LogP contribution in [-0.4, -0.2) is 73.4 Å². The Bertz CT molecular complexity index is 792. The number of amides is 1. The SMILES string of the molecule is COC(=O)C1=NOC2(CCN(CC(=O)N(C)Cc3ccc(OC(F)F)cc3)CC2)C1. The van der Waals surface area contributed by atoms with Gasteiger partial charge in [-0.05, 0) is 17.7 Å². The number of likely N-dealkylation sites (N-methyl/N-ethyl adjacent to an activating group) is 1. The van der Waals surface area contributed by atoms with Crippen LogP contribution in [0.25, 0.3) is 0 Å². The molecule has 1 saturated heterocycles. The lowest BCUT2D eigenvalue weighted by molar-refractivity contribution is -0.133. The fraction of sp³-hybridized carbons (Fsp3) is 0.550. The van der Waals surface area contributed by atoms with Crippen molar-refractivity contribution in [2.75, 3.05) is 33.8 Å². The standard InChI is InChI=1S/C20H25F2N3O5/c1-24(12-14-3-5-15(6-4-14)29-19(21)22)17(26)13-25-9-7-20(8-10-25)11-16(23-30-20)18(27)28-2/h3-6,19H,7-13H2,1-2H3. The molecule has 10 heteroatoms. The number of carbonyl (C=O) groups excluding carboxylic acids is 2. The Morgan fingerprint density at radius 2 is 1.93 bits per heavy atom. The number of hydrogen-bond acceptors (Lipinski definition) is 7. The van der Waals surface area contributed by atoms with Crippen LogP contribution in [0, 0.1) is 0 Å². The Hall–Kier alpha value is -2.75. The monoisotopic (exact) mass is 425 g/mol. The molecule has 0 aliphatic carbocycles. The minimum atomic E-state index is -2.86. The first-order valence-electron chi connectivity index (χ1n) is 9.64. The van der Waals surface area contributed by atoms with E-state index in [4.69, 9.17) is 4.84 Å². The van der Waals surface area contributed by atoms with Gasteiger partial charge in [0.05, 0.1) is 13.7 Å². The molecule has 1 spiro atoms. The van der Waals surface area contributed by atoms with Gasteiger partial charge in [-0.25, -0.2) is 4.79 Å². The van der Waals surface area contributed by atoms with Crippen LogP contribution >= 0.6 is 0 Å². The number of methoxy groups -OCH3 is 1. The van der Waals surface area contributed by atoms with Crippen molar-refractivity contribution >= 4 is 17.6 Å². The van der Waals surface area contributed by atoms with Gasteiger partial charge in [-0.15, -0.1) is 0 Å². The van der Waals surface area contributed by atoms with E-state index in [1.807, 2.05) is 4.90 Å². The maximum absolute atomic E-state index is 12.6. The lowest BCUT2D eigenvalue weighted by Crippen LogP contribution is -2.48. The first-order valence-corrected chi connectivity index (χ1v) is 9.64. The number of halogens is 2. The molecule has 0 unspecified atom stereocenters. The molecule has 3 rings (SSSR count). The van der Waals surface area contributed by atoms with Crippen molar-refractivity contribution in [3.05, 3.63) is 29.8 Å². The van der Waals surface area contributed by atoms with Crippen LogP contribution in [-0.2, 0) is 25.7 Å². The Morgan fingerprint density at radius 3 is 2.53 bits per heavy atom. The molecule has 30 heavy (non-hydrogen) atoms. The van der Waals surface area contributed by atoms with Crippen LogP contribution in [0.3, 0.4) is 0 Å². The van der Waals surface area contributed by atoms with Gasteiger partial charge in [0.2, 0.25) is 5.91 Å². The largest absolute Gasteiger partial charge is 0.464 e. The molecule has 0 radical (unpaired) electrons. The molecule has 0 atom stereocenters. The van der Waals surface area contributed by atoms with Gasteiger partial charge in [-0.2, -0.15) is 8.78 Å². The van der Waals surface area contributed by atoms with Gasteiger partial charge in [0.1, 0.15) is 11.4 Å². The number of alkyl halides is 2. The van der Waals surface area contributed by atoms with Crippen molar-refractivity contribution < 1.29 is 32.7 Å². The third-order valence-corrected chi connectivity index (χ3v) is 5.38. The van der Waals surface area contributed by atoms with Gasteiger partial charge in [0, 0.05) is 45.9 Å². The number of oxime groups is 1. The zero-order valence-electron chi connectivity index (χ0n) is 17.0. The summed E-state index contributed by atoms with van der Waals surface area (Å²) in [5.74, 6) is -0.434. The molecule has 1 amide bonds. The summed E-state index contributed by atoms with van der Waals surface area (Å²) in [7, 11) is 3.01. The highest BCUT2D eigenvalue weighted by Crippen LogP contribution is 2.34. The predicted molar refractivity (Wildman–Crippen MR) is 103 cm³/mol. The Labute approximate surface area is 173 Å². The fourth-order valence-electron chi connectivity index (χ4n) is 3.59. The predicted octanol–water partition coefficient (Wildman–Crippen LogP) is 2.03. The highest BCUT2D eigenvalue weighted by molar-refractivity contribution is 6.36. The van der Waals surface area contributed by atoms with Gasteiger partial charge in [-0.1, -0.05) is 17.3 Å². The fourth-order valence-corrected chi connectivity index (χ4v) is 3.59. The second-order valence-electron chi connectivity index (χ2n) is 7.53. The number of nitrogens with zero attached hydrogens (tertiary/aromatic N) is 3. The number of likely N-dealkylation sites (tertiary alicyclic amines) is 1. The minimum absolute atomic E-state index is 0.0438. The zero-order chi connectivity index (χ0) is 21.7. The van der Waals surface area contributed by atoms with Crippen molar-refractivity contribution in [3.8, 4) is 5.75 Å². The smallest absolute Gasteiger partial charge is 0.387 e. The minimum Gasteiger partial charge on any atom is -0.464 e. The summed E-state index contributed by atoms with van der Waals surface area (Å²) in [6.07, 6.45) is 1.76. The van der Waals surface area contributed by atoms with Crippen LogP contribution in [0.15, 0.2) is 29.4 Å². The third-order valence-electron chi connectivity index (χ3n) is 5.38. The molecular formula is C20H25F2N3O5. The number of hydrogen-bond donors (Lipinski definition) is 0. The van der Waals surface area contributed by atoms with Crippen LogP contribution < -0.4 is 4.74 Å². The highest BCUT2D eigenvalue weighted by Gasteiger charge is 2.44. The van der Waals surface area contributed by atoms with E-state index >= 15 is 0 Å². The molecule has 2 heterocycles. The lowest BCUT2D eigenvalue weighted by Gasteiger charge is -2.37. The average Bonchev–Trinajstić information content (AvgIpc) is 3.14. The molecule has 1 fully saturated rings. The van der Waals surface area contributed by atoms with Gasteiger partial charge >= 0.3 is 12.6 Å². The lowest BCUT2D eigenvalue weighted by atomic mass is 9.87. The molecule has 0 saturated carbocycles. The normalized spacial score (nSPS) is 18.1. The van der Waals surface area contributed by atoms with Gasteiger partial charge in [0.15, 0.2) is 5.71 Å². The van der Waals surface area contributed by atoms with E-state index in [0.29, 0.717) is 44.6 Å². The number of ether oxygens (including phenoxy) is 2. The molecule has 2 aliphatic heterocycles. The van der Waals surface area contributed by atoms with E-state index in [1.54, 1.807) is 24.1 Å². The Morgan fingerprint density at radius 1 is 1.27 bits per heavy atom. The van der Waals surface area contributed by atoms with E-state index in [9.17, 15) is 18.4 Å². The maximum Gasteiger partial charge on any atom is 0.387 e. The summed E-state index contributed by atoms with van der Waals surface area (Å²) < 4.78 is 33.4. The van der Waals surface area contributed by atoms with Gasteiger partial charge < -0.3 is 19.2 Å². The van der Waals surface area contributed by atoms with Crippen molar-refractivity contribution in [1.82, 2.24) is 9.80 Å². The highest BCUT2D eigenvalue weighted by atomic mass is 19.3. The van der Waals surface area contributed by atoms with Crippen LogP contribution in [0.4, 0.5) is 8.78 Å². The van der Waals surface area contributed by atoms with Crippen molar-refractivity contribution in [1.29, 1.82) is 0 Å². The number of rotatable bonds is 7. The Kier molecular flexibility index (Phi) is 6.86. The quantitative estimate of drug-likeness (QED) is 0.622. The van der Waals surface area contributed by atoms with Crippen molar-refractivity contribution in [2.24, 2.45) is 5.16 Å². The Balaban J connectivity index is 1.44. The average molecular weight is 425 g/mol. The van der Waals surface area contributed by atoms with Crippen LogP contribution in [0.1, 0.15) is 24.8 Å². The van der Waals surface area contributed by atoms with E-state index in [1.165, 1.54) is 19.2 Å². The molecule has 0 N–H and O–H groups in total. The summed E-state index contributed by atoms with van der Waals surface area (Å²) in [5, 5.41) is 3.86. The molecule has 2 aliphatic rings. The first-order chi connectivity index (χ1) is 14.3. The van der Waals surface area contributed by atoms with E-state index in [-0.39, 0.29) is 18.2 Å². The molecule has 164 valence electrons. The topological polar surface area (TPSA) is 80.7 Å². The van der Waals surface area contributed by atoms with Gasteiger partial charge in [-0.3, -0.25) is 9.69 Å². The molecule has 0 bridgehead atoms. The van der Waals surface area contributed by atoms with Crippen molar-refractivity contribution in [2.45, 2.75) is 38.0 Å². The zero-order valence-corrected chi connectivity index (χ0v) is 17.0. The molecule has 1 aromatic carbocycles. The number of carbonyl (C=O) groups is 2. The van der Waals surface area contributed by atoms with Crippen molar-refractivity contribution in [3.63, 3.8) is 0 Å². The summed E-state index contributed by atoms with van der Waals surface area (Å²) in [6.45, 7) is -0.918. The van der Waals surface area contributed by atoms with Gasteiger partial charge in [0.25, 0.3) is 0 Å². The number of esters is 1. The second-order valence-corrected chi connectivity index (χ2v) is 7.53. The number of piperidine rings is 1. The summed E-state index contributed by atoms with van der Waals surface area (Å²) >= 11 is 0. The summed E-state index contributed by atoms with van der Waals surface area (Å²) in [6, 6.07) is 6.22. The van der Waals surface area contributed by atoms with Crippen LogP contribution in [0.2, 0.25) is 0 Å². The summed E-state index contributed by atoms with van der Waals surface area (Å²) in [4.78, 5) is 33.4. The molecule has 1 aromatic rings. The van der Waals surface area contributed by atoms with E-state index < -0.39 is 18.2 Å². The summed E-state index contributed by atoms with van der Waals surface area (Å²) in [5.41, 5.74) is 0.625. The third kappa shape index (κ3) is 5.44. The maximum atomic E-state index is 12.6. The molecular weight excluding hydrogens is 400 g/mol. The molecule has 8 nitrogen and oxygen atoms in total. The molecule has 0 aromatic heterocycles. The first kappa shape index (κ1) is 21.9. The second kappa shape index (κ2) is 9.38. The van der Waals surface area contributed by atoms with Crippen LogP contribution in [0.5, 0.6) is 5.75 Å².